The van der Waals surface area contributed by atoms with Crippen LogP contribution < -0.4 is 5.19 Å². The zero-order valence-corrected chi connectivity index (χ0v) is 8.99. The number of rotatable bonds is 1. The summed E-state index contributed by atoms with van der Waals surface area (Å²) in [6, 6.07) is 11.2. The fraction of sp³-hybridized carbons (Fsp3) is 0.364. The Hall–Kier alpha value is -1.11. The fourth-order valence-corrected chi connectivity index (χ4v) is 3.94. The topological polar surface area (TPSA) is 33.0 Å². The monoisotopic (exact) mass is 202 g/mol. The highest BCUT2D eigenvalue weighted by atomic mass is 28.3. The van der Waals surface area contributed by atoms with Gasteiger partial charge >= 0.3 is 0 Å². The van der Waals surface area contributed by atoms with E-state index in [0.29, 0.717) is 0 Å². The van der Waals surface area contributed by atoms with Crippen LogP contribution in [0.25, 0.3) is 0 Å². The molecule has 0 aromatic heterocycles. The lowest BCUT2D eigenvalue weighted by molar-refractivity contribution is 0.294. The molecule has 0 bridgehead atoms. The van der Waals surface area contributed by atoms with E-state index >= 15 is 0 Å². The molecule has 0 spiro atoms. The largest absolute Gasteiger partial charge is 0.412 e. The van der Waals surface area contributed by atoms with Gasteiger partial charge in [-0.3, -0.25) is 0 Å². The smallest absolute Gasteiger partial charge is 0.248 e. The van der Waals surface area contributed by atoms with Gasteiger partial charge in [0.05, 0.1) is 11.6 Å². The molecule has 3 heteroatoms. The summed E-state index contributed by atoms with van der Waals surface area (Å²) < 4.78 is 5.76. The van der Waals surface area contributed by atoms with E-state index in [4.69, 9.17) is 9.69 Å². The number of hydrogen-bond acceptors (Lipinski definition) is 2. The highest BCUT2D eigenvalue weighted by Crippen LogP contribution is 2.12. The second-order valence-corrected chi connectivity index (χ2v) is 5.56. The second-order valence-electron chi connectivity index (χ2n) is 3.39. The molecule has 2 nitrogen and oxygen atoms in total. The van der Waals surface area contributed by atoms with Crippen LogP contribution in [0.1, 0.15) is 18.4 Å². The molecule has 0 N–H and O–H groups in total. The Morgan fingerprint density at radius 3 is 2.86 bits per heavy atom. The van der Waals surface area contributed by atoms with E-state index in [1.807, 2.05) is 24.3 Å². The summed E-state index contributed by atoms with van der Waals surface area (Å²) in [6.45, 7) is 0.869. The average Bonchev–Trinajstić information content (AvgIpc) is 2.30. The summed E-state index contributed by atoms with van der Waals surface area (Å²) >= 11 is 0. The van der Waals surface area contributed by atoms with Gasteiger partial charge in [0.15, 0.2) is 0 Å². The van der Waals surface area contributed by atoms with Crippen LogP contribution in [-0.4, -0.2) is 15.6 Å². The molecule has 1 heterocycles. The second kappa shape index (κ2) is 4.40. The molecule has 0 unspecified atom stereocenters. The molecule has 0 atom stereocenters. The maximum atomic E-state index is 8.96. The Morgan fingerprint density at radius 2 is 2.14 bits per heavy atom. The van der Waals surface area contributed by atoms with Crippen LogP contribution in [0.15, 0.2) is 24.3 Å². The van der Waals surface area contributed by atoms with Crippen molar-refractivity contribution >= 4 is 14.2 Å². The number of nitrogens with zero attached hydrogens (tertiary/aromatic N) is 1. The maximum absolute atomic E-state index is 8.96. The van der Waals surface area contributed by atoms with Crippen LogP contribution >= 0.6 is 0 Å². The first-order valence-corrected chi connectivity index (χ1v) is 6.51. The summed E-state index contributed by atoms with van der Waals surface area (Å²) in [5.41, 5.74) is 0.795. The molecule has 14 heavy (non-hydrogen) atoms. The minimum Gasteiger partial charge on any atom is -0.412 e. The summed E-state index contributed by atoms with van der Waals surface area (Å²) in [4.78, 5) is 0. The third-order valence-electron chi connectivity index (χ3n) is 2.42. The molecule has 1 radical (unpaired) electrons. The molecule has 1 saturated heterocycles. The molecule has 0 aliphatic carbocycles. The normalized spacial score (nSPS) is 17.6. The lowest BCUT2D eigenvalue weighted by Crippen LogP contribution is -2.38. The standard InChI is InChI=1S/C11H12NOSi/c12-9-10-5-1-2-6-11(10)14-8-4-3-7-13-14/h1-2,5-6H,3-4,7-8H2. The Kier molecular flexibility index (Phi) is 2.97. The lowest BCUT2D eigenvalue weighted by Gasteiger charge is -2.20. The molecule has 0 amide bonds. The zero-order chi connectivity index (χ0) is 9.80. The van der Waals surface area contributed by atoms with Crippen LogP contribution in [0.2, 0.25) is 6.04 Å². The van der Waals surface area contributed by atoms with E-state index in [1.54, 1.807) is 0 Å². The predicted molar refractivity (Wildman–Crippen MR) is 56.5 cm³/mol. The van der Waals surface area contributed by atoms with Gasteiger partial charge in [-0.05, 0) is 23.7 Å². The first-order chi connectivity index (χ1) is 6.92. The lowest BCUT2D eigenvalue weighted by atomic mass is 10.2. The third kappa shape index (κ3) is 1.87. The van der Waals surface area contributed by atoms with Crippen molar-refractivity contribution in [2.45, 2.75) is 18.9 Å². The van der Waals surface area contributed by atoms with Gasteiger partial charge in [0.1, 0.15) is 0 Å². The molecule has 71 valence electrons. The summed E-state index contributed by atoms with van der Waals surface area (Å²) in [6.07, 6.45) is 2.41. The van der Waals surface area contributed by atoms with E-state index in [-0.39, 0.29) is 0 Å². The van der Waals surface area contributed by atoms with Gasteiger partial charge in [0.25, 0.3) is 0 Å². The average molecular weight is 202 g/mol. The fourth-order valence-electron chi connectivity index (χ4n) is 1.69. The van der Waals surface area contributed by atoms with Crippen molar-refractivity contribution in [3.05, 3.63) is 29.8 Å². The highest BCUT2D eigenvalue weighted by Gasteiger charge is 2.21. The van der Waals surface area contributed by atoms with E-state index in [1.165, 1.54) is 12.8 Å². The highest BCUT2D eigenvalue weighted by molar-refractivity contribution is 6.68. The molecule has 0 saturated carbocycles. The van der Waals surface area contributed by atoms with E-state index in [0.717, 1.165) is 23.4 Å². The Labute approximate surface area is 85.9 Å². The molecule has 1 fully saturated rings. The maximum Gasteiger partial charge on any atom is 0.248 e. The minimum atomic E-state index is -0.890. The number of benzene rings is 1. The van der Waals surface area contributed by atoms with Gasteiger partial charge in [-0.25, -0.2) is 0 Å². The quantitative estimate of drug-likeness (QED) is 0.648. The molecule has 1 aromatic rings. The van der Waals surface area contributed by atoms with E-state index < -0.39 is 9.04 Å². The number of hydrogen-bond donors (Lipinski definition) is 0. The zero-order valence-electron chi connectivity index (χ0n) is 7.99. The van der Waals surface area contributed by atoms with Crippen molar-refractivity contribution in [1.29, 1.82) is 5.26 Å². The molecule has 1 aliphatic heterocycles. The Balaban J connectivity index is 2.26. The van der Waals surface area contributed by atoms with Crippen LogP contribution in [0, 0.1) is 11.3 Å². The summed E-state index contributed by atoms with van der Waals surface area (Å²) in [5, 5.41) is 10.1. The predicted octanol–water partition coefficient (Wildman–Crippen LogP) is 1.57. The molecular weight excluding hydrogens is 190 g/mol. The molecule has 1 aliphatic rings. The number of nitriles is 1. The molecule has 2 rings (SSSR count). The van der Waals surface area contributed by atoms with Crippen molar-refractivity contribution in [1.82, 2.24) is 0 Å². The Bertz CT molecular complexity index is 353. The van der Waals surface area contributed by atoms with Crippen molar-refractivity contribution in [2.24, 2.45) is 0 Å². The van der Waals surface area contributed by atoms with Crippen molar-refractivity contribution in [2.75, 3.05) is 6.61 Å². The van der Waals surface area contributed by atoms with Gasteiger partial charge in [-0.15, -0.1) is 0 Å². The van der Waals surface area contributed by atoms with Gasteiger partial charge < -0.3 is 4.43 Å². The van der Waals surface area contributed by atoms with E-state index in [2.05, 4.69) is 6.07 Å². The first kappa shape index (κ1) is 9.44. The van der Waals surface area contributed by atoms with Gasteiger partial charge in [0.2, 0.25) is 9.04 Å². The van der Waals surface area contributed by atoms with Crippen molar-refractivity contribution < 1.29 is 4.43 Å². The third-order valence-corrected chi connectivity index (χ3v) is 4.82. The van der Waals surface area contributed by atoms with E-state index in [9.17, 15) is 0 Å². The SMILES string of the molecule is N#Cc1ccccc1[Si]1CCCCO1. The van der Waals surface area contributed by atoms with Crippen LogP contribution in [0.5, 0.6) is 0 Å². The van der Waals surface area contributed by atoms with Gasteiger partial charge in [-0.1, -0.05) is 24.6 Å². The van der Waals surface area contributed by atoms with Crippen LogP contribution in [-0.2, 0) is 4.43 Å². The Morgan fingerprint density at radius 1 is 1.29 bits per heavy atom. The molecular formula is C11H12NOSi. The minimum absolute atomic E-state index is 0.795. The summed E-state index contributed by atoms with van der Waals surface area (Å²) in [7, 11) is -0.890. The van der Waals surface area contributed by atoms with Gasteiger partial charge in [-0.2, -0.15) is 5.26 Å². The summed E-state index contributed by atoms with van der Waals surface area (Å²) in [5.74, 6) is 0. The van der Waals surface area contributed by atoms with Crippen LogP contribution in [0.4, 0.5) is 0 Å². The first-order valence-electron chi connectivity index (χ1n) is 4.90. The van der Waals surface area contributed by atoms with Crippen LogP contribution in [0.3, 0.4) is 0 Å². The van der Waals surface area contributed by atoms with Gasteiger partial charge in [0, 0.05) is 6.61 Å². The van der Waals surface area contributed by atoms with Crippen molar-refractivity contribution in [3.63, 3.8) is 0 Å². The molecule has 1 aromatic carbocycles. The van der Waals surface area contributed by atoms with Crippen molar-refractivity contribution in [3.8, 4) is 6.07 Å².